The monoisotopic (exact) mass is 488 g/mol. The van der Waals surface area contributed by atoms with Crippen LogP contribution in [-0.2, 0) is 11.3 Å². The third kappa shape index (κ3) is 3.84. The van der Waals surface area contributed by atoms with Crippen LogP contribution < -0.4 is 14.8 Å². The number of para-hydroxylation sites is 1. The predicted molar refractivity (Wildman–Crippen MR) is 134 cm³/mol. The molecule has 0 spiro atoms. The van der Waals surface area contributed by atoms with E-state index >= 15 is 0 Å². The van der Waals surface area contributed by atoms with Gasteiger partial charge in [0.15, 0.2) is 0 Å². The number of nitrogens with one attached hydrogen (secondary N) is 1. The highest BCUT2D eigenvalue weighted by Crippen LogP contribution is 2.40. The number of rotatable bonds is 8. The maximum Gasteiger partial charge on any atom is 0.337 e. The number of hydrogen-bond donors (Lipinski definition) is 2. The number of ether oxygens (including phenoxy) is 2. The van der Waals surface area contributed by atoms with Crippen molar-refractivity contribution in [2.24, 2.45) is 5.92 Å². The van der Waals surface area contributed by atoms with E-state index in [1.54, 1.807) is 4.52 Å². The summed E-state index contributed by atoms with van der Waals surface area (Å²) in [5.74, 6) is 0.899. The average Bonchev–Trinajstić information content (AvgIpc) is 3.33. The summed E-state index contributed by atoms with van der Waals surface area (Å²) >= 11 is 0. The molecule has 1 atom stereocenters. The predicted octanol–water partition coefficient (Wildman–Crippen LogP) is 4.04. The first-order valence-corrected chi connectivity index (χ1v) is 12.3. The lowest BCUT2D eigenvalue weighted by Gasteiger charge is -2.15. The SMILES string of the molecule is COc1cc(C(=O)O)cn2nc(-c3cc4cccc(OC[C@H]5CCC(=O)N5)c4n3CC3CC3)c(C)c12. The number of carbonyl (C=O) groups excluding carboxylic acids is 1. The largest absolute Gasteiger partial charge is 0.494 e. The summed E-state index contributed by atoms with van der Waals surface area (Å²) < 4.78 is 15.7. The molecule has 1 aliphatic heterocycles. The molecule has 4 aromatic rings. The second kappa shape index (κ2) is 8.58. The Morgan fingerprint density at radius 3 is 2.72 bits per heavy atom. The summed E-state index contributed by atoms with van der Waals surface area (Å²) in [6, 6.07) is 9.71. The first-order valence-electron chi connectivity index (χ1n) is 12.3. The number of amides is 1. The molecule has 1 amide bonds. The van der Waals surface area contributed by atoms with Gasteiger partial charge in [-0.2, -0.15) is 5.10 Å². The van der Waals surface area contributed by atoms with Crippen LogP contribution in [0.4, 0.5) is 0 Å². The van der Waals surface area contributed by atoms with E-state index in [0.717, 1.165) is 52.1 Å². The number of carbonyl (C=O) groups is 2. The number of pyridine rings is 1. The lowest BCUT2D eigenvalue weighted by Crippen LogP contribution is -2.30. The highest BCUT2D eigenvalue weighted by molar-refractivity contribution is 5.93. The van der Waals surface area contributed by atoms with Gasteiger partial charge in [0.2, 0.25) is 5.91 Å². The van der Waals surface area contributed by atoms with Crippen molar-refractivity contribution in [1.29, 1.82) is 0 Å². The minimum absolute atomic E-state index is 0.0238. The Balaban J connectivity index is 1.48. The van der Waals surface area contributed by atoms with Crippen molar-refractivity contribution < 1.29 is 24.2 Å². The molecule has 9 heteroatoms. The fourth-order valence-electron chi connectivity index (χ4n) is 5.15. The molecule has 1 aliphatic carbocycles. The maximum absolute atomic E-state index is 11.6. The normalized spacial score (nSPS) is 17.6. The van der Waals surface area contributed by atoms with Gasteiger partial charge < -0.3 is 24.5 Å². The van der Waals surface area contributed by atoms with Gasteiger partial charge in [-0.25, -0.2) is 9.31 Å². The number of carboxylic acid groups (broad SMARTS) is 1. The molecule has 2 N–H and O–H groups in total. The zero-order valence-electron chi connectivity index (χ0n) is 20.3. The number of aromatic carboxylic acids is 1. The number of methoxy groups -OCH3 is 1. The van der Waals surface area contributed by atoms with Crippen molar-refractivity contribution in [1.82, 2.24) is 19.5 Å². The lowest BCUT2D eigenvalue weighted by molar-refractivity contribution is -0.119. The Morgan fingerprint density at radius 1 is 1.19 bits per heavy atom. The molecule has 4 heterocycles. The molecule has 36 heavy (non-hydrogen) atoms. The Morgan fingerprint density at radius 2 is 2.03 bits per heavy atom. The number of hydrogen-bond acceptors (Lipinski definition) is 5. The lowest BCUT2D eigenvalue weighted by atomic mass is 10.1. The molecule has 0 bridgehead atoms. The number of aryl methyl sites for hydroxylation is 1. The zero-order chi connectivity index (χ0) is 25.0. The van der Waals surface area contributed by atoms with Crippen LogP contribution in [0.3, 0.4) is 0 Å². The Kier molecular flexibility index (Phi) is 5.35. The number of fused-ring (bicyclic) bond motifs is 2. The summed E-state index contributed by atoms with van der Waals surface area (Å²) in [6.07, 6.45) is 5.23. The van der Waals surface area contributed by atoms with E-state index in [2.05, 4.69) is 22.0 Å². The van der Waals surface area contributed by atoms with Crippen LogP contribution in [0.15, 0.2) is 36.5 Å². The van der Waals surface area contributed by atoms with Gasteiger partial charge in [-0.3, -0.25) is 4.79 Å². The van der Waals surface area contributed by atoms with E-state index in [9.17, 15) is 14.7 Å². The molecule has 186 valence electrons. The Bertz CT molecular complexity index is 1510. The van der Waals surface area contributed by atoms with Gasteiger partial charge in [-0.05, 0) is 50.3 Å². The summed E-state index contributed by atoms with van der Waals surface area (Å²) in [6.45, 7) is 3.27. The van der Waals surface area contributed by atoms with Crippen LogP contribution in [0, 0.1) is 12.8 Å². The minimum Gasteiger partial charge on any atom is -0.494 e. The number of benzene rings is 1. The van der Waals surface area contributed by atoms with Crippen LogP contribution >= 0.6 is 0 Å². The highest BCUT2D eigenvalue weighted by atomic mass is 16.5. The molecule has 0 unspecified atom stereocenters. The van der Waals surface area contributed by atoms with E-state index in [4.69, 9.17) is 14.6 Å². The van der Waals surface area contributed by atoms with Crippen molar-refractivity contribution in [3.8, 4) is 22.9 Å². The highest BCUT2D eigenvalue weighted by Gasteiger charge is 2.28. The third-order valence-electron chi connectivity index (χ3n) is 7.18. The first kappa shape index (κ1) is 22.5. The molecule has 9 nitrogen and oxygen atoms in total. The summed E-state index contributed by atoms with van der Waals surface area (Å²) in [5, 5.41) is 18.4. The third-order valence-corrected chi connectivity index (χ3v) is 7.18. The van der Waals surface area contributed by atoms with Gasteiger partial charge in [0.05, 0.1) is 29.9 Å². The van der Waals surface area contributed by atoms with E-state index < -0.39 is 5.97 Å². The van der Waals surface area contributed by atoms with Gasteiger partial charge in [0.1, 0.15) is 29.3 Å². The van der Waals surface area contributed by atoms with Crippen molar-refractivity contribution in [2.45, 2.75) is 45.2 Å². The van der Waals surface area contributed by atoms with Gasteiger partial charge >= 0.3 is 5.97 Å². The smallest absolute Gasteiger partial charge is 0.337 e. The van der Waals surface area contributed by atoms with Crippen LogP contribution in [0.25, 0.3) is 27.8 Å². The van der Waals surface area contributed by atoms with Gasteiger partial charge in [-0.1, -0.05) is 12.1 Å². The average molecular weight is 489 g/mol. The molecule has 6 rings (SSSR count). The Hall–Kier alpha value is -4.01. The quantitative estimate of drug-likeness (QED) is 0.388. The summed E-state index contributed by atoms with van der Waals surface area (Å²) in [4.78, 5) is 23.3. The van der Waals surface area contributed by atoms with Crippen LogP contribution in [0.2, 0.25) is 0 Å². The van der Waals surface area contributed by atoms with Gasteiger partial charge in [-0.15, -0.1) is 0 Å². The molecule has 1 saturated carbocycles. The topological polar surface area (TPSA) is 107 Å². The van der Waals surface area contributed by atoms with Crippen molar-refractivity contribution in [2.75, 3.05) is 13.7 Å². The molecule has 3 aromatic heterocycles. The minimum atomic E-state index is -1.03. The van der Waals surface area contributed by atoms with Crippen molar-refractivity contribution in [3.05, 3.63) is 47.7 Å². The second-order valence-corrected chi connectivity index (χ2v) is 9.76. The molecular weight excluding hydrogens is 460 g/mol. The van der Waals surface area contributed by atoms with E-state index in [0.29, 0.717) is 24.7 Å². The number of carboxylic acids is 1. The molecule has 2 fully saturated rings. The summed E-state index contributed by atoms with van der Waals surface area (Å²) in [7, 11) is 1.54. The van der Waals surface area contributed by atoms with E-state index in [1.807, 2.05) is 19.1 Å². The van der Waals surface area contributed by atoms with Crippen molar-refractivity contribution in [3.63, 3.8) is 0 Å². The zero-order valence-corrected chi connectivity index (χ0v) is 20.3. The van der Waals surface area contributed by atoms with E-state index in [1.165, 1.54) is 32.2 Å². The standard InChI is InChI=1S/C27H28N4O5/c1-15-24(29-31-13-18(27(33)34)11-22(35-2)25(15)31)20-10-17-4-3-5-21(26(17)30(20)12-16-6-7-16)36-14-19-8-9-23(32)28-19/h3-5,10-11,13,16,19H,6-9,12,14H2,1-2H3,(H,28,32)(H,33,34)/t19-/m1/s1. The van der Waals surface area contributed by atoms with Gasteiger partial charge in [0, 0.05) is 30.1 Å². The molecule has 1 aromatic carbocycles. The Labute approximate surface area is 207 Å². The maximum atomic E-state index is 11.6. The second-order valence-electron chi connectivity index (χ2n) is 9.76. The molecular formula is C27H28N4O5. The molecule has 0 radical (unpaired) electrons. The summed E-state index contributed by atoms with van der Waals surface area (Å²) in [5.41, 5.74) is 4.53. The van der Waals surface area contributed by atoms with Crippen LogP contribution in [0.1, 0.15) is 41.6 Å². The molecule has 2 aliphatic rings. The fraction of sp³-hybridized carbons (Fsp3) is 0.370. The van der Waals surface area contributed by atoms with Gasteiger partial charge in [0.25, 0.3) is 0 Å². The van der Waals surface area contributed by atoms with E-state index in [-0.39, 0.29) is 17.5 Å². The fourth-order valence-corrected chi connectivity index (χ4v) is 5.15. The number of nitrogens with zero attached hydrogens (tertiary/aromatic N) is 3. The first-order chi connectivity index (χ1) is 17.4. The molecule has 1 saturated heterocycles. The number of aromatic nitrogens is 3. The van der Waals surface area contributed by atoms with Crippen LogP contribution in [-0.4, -0.2) is 50.9 Å². The van der Waals surface area contributed by atoms with Crippen molar-refractivity contribution >= 4 is 28.3 Å². The van der Waals surface area contributed by atoms with Crippen LogP contribution in [0.5, 0.6) is 11.5 Å².